The van der Waals surface area contributed by atoms with Gasteiger partial charge in [0.05, 0.1) is 0 Å². The monoisotopic (exact) mass is 301 g/mol. The quantitative estimate of drug-likeness (QED) is 0.786. The van der Waals surface area contributed by atoms with E-state index in [1.165, 1.54) is 17.3 Å². The van der Waals surface area contributed by atoms with Gasteiger partial charge in [0.25, 0.3) is 0 Å². The Bertz CT molecular complexity index is 633. The summed E-state index contributed by atoms with van der Waals surface area (Å²) in [6.07, 6.45) is 0.509. The van der Waals surface area contributed by atoms with Gasteiger partial charge in [0.1, 0.15) is 10.7 Å². The molecule has 1 amide bonds. The first-order valence-electron chi connectivity index (χ1n) is 6.13. The van der Waals surface area contributed by atoms with Gasteiger partial charge < -0.3 is 11.1 Å². The fraction of sp³-hybridized carbons (Fsp3) is 0.417. The molecule has 1 atom stereocenters. The molecule has 110 valence electrons. The van der Waals surface area contributed by atoms with Crippen molar-refractivity contribution in [2.75, 3.05) is 18.8 Å². The first-order chi connectivity index (χ1) is 9.30. The smallest absolute Gasteiger partial charge is 0.246 e. The van der Waals surface area contributed by atoms with Gasteiger partial charge in [0.2, 0.25) is 15.9 Å². The van der Waals surface area contributed by atoms with Gasteiger partial charge >= 0.3 is 0 Å². The third kappa shape index (κ3) is 2.91. The highest BCUT2D eigenvalue weighted by Crippen LogP contribution is 2.24. The number of amides is 1. The summed E-state index contributed by atoms with van der Waals surface area (Å²) in [7, 11) is -3.90. The zero-order valence-electron chi connectivity index (χ0n) is 11.0. The van der Waals surface area contributed by atoms with Crippen LogP contribution in [0.25, 0.3) is 0 Å². The number of nitrogens with one attached hydrogen (secondary N) is 1. The minimum absolute atomic E-state index is 0.145. The minimum Gasteiger partial charge on any atom is -0.399 e. The maximum absolute atomic E-state index is 13.8. The second kappa shape index (κ2) is 5.37. The van der Waals surface area contributed by atoms with E-state index in [9.17, 15) is 17.6 Å². The van der Waals surface area contributed by atoms with Crippen molar-refractivity contribution in [2.24, 2.45) is 0 Å². The van der Waals surface area contributed by atoms with Gasteiger partial charge in [-0.05, 0) is 24.6 Å². The van der Waals surface area contributed by atoms with E-state index in [4.69, 9.17) is 5.73 Å². The SMILES string of the molecule is CC(=O)NC1CCN(S(=O)(=O)c2ccc(N)cc2F)C1. The Labute approximate surface area is 116 Å². The highest BCUT2D eigenvalue weighted by Gasteiger charge is 2.34. The molecule has 1 aliphatic heterocycles. The van der Waals surface area contributed by atoms with E-state index in [-0.39, 0.29) is 30.7 Å². The van der Waals surface area contributed by atoms with Gasteiger partial charge in [-0.2, -0.15) is 4.31 Å². The number of rotatable bonds is 3. The van der Waals surface area contributed by atoms with Crippen LogP contribution < -0.4 is 11.1 Å². The molecule has 1 aliphatic rings. The van der Waals surface area contributed by atoms with Gasteiger partial charge in [-0.15, -0.1) is 0 Å². The fourth-order valence-corrected chi connectivity index (χ4v) is 3.76. The van der Waals surface area contributed by atoms with Gasteiger partial charge in [0, 0.05) is 31.7 Å². The molecule has 1 saturated heterocycles. The summed E-state index contributed by atoms with van der Waals surface area (Å²) < 4.78 is 39.6. The average Bonchev–Trinajstić information content (AvgIpc) is 2.76. The first kappa shape index (κ1) is 14.7. The van der Waals surface area contributed by atoms with Crippen LogP contribution in [0.3, 0.4) is 0 Å². The lowest BCUT2D eigenvalue weighted by molar-refractivity contribution is -0.119. The summed E-state index contributed by atoms with van der Waals surface area (Å²) in [6, 6.07) is 3.25. The van der Waals surface area contributed by atoms with Crippen molar-refractivity contribution >= 4 is 21.6 Å². The van der Waals surface area contributed by atoms with Crippen molar-refractivity contribution in [2.45, 2.75) is 24.3 Å². The zero-order valence-corrected chi connectivity index (χ0v) is 11.8. The van der Waals surface area contributed by atoms with E-state index in [1.54, 1.807) is 0 Å². The number of benzene rings is 1. The number of hydrogen-bond acceptors (Lipinski definition) is 4. The van der Waals surface area contributed by atoms with E-state index < -0.39 is 20.7 Å². The lowest BCUT2D eigenvalue weighted by atomic mass is 10.3. The predicted molar refractivity (Wildman–Crippen MR) is 71.8 cm³/mol. The van der Waals surface area contributed by atoms with E-state index in [0.717, 1.165) is 12.1 Å². The Morgan fingerprint density at radius 2 is 2.20 bits per heavy atom. The van der Waals surface area contributed by atoms with Gasteiger partial charge in [-0.3, -0.25) is 4.79 Å². The van der Waals surface area contributed by atoms with Gasteiger partial charge in [-0.25, -0.2) is 12.8 Å². The molecule has 0 aromatic heterocycles. The molecule has 1 heterocycles. The molecule has 1 aromatic rings. The molecule has 3 N–H and O–H groups in total. The molecule has 8 heteroatoms. The molecule has 0 saturated carbocycles. The molecule has 1 unspecified atom stereocenters. The molecule has 2 rings (SSSR count). The van der Waals surface area contributed by atoms with Gasteiger partial charge in [0.15, 0.2) is 0 Å². The number of halogens is 1. The molecule has 20 heavy (non-hydrogen) atoms. The van der Waals surface area contributed by atoms with Crippen LogP contribution in [0.5, 0.6) is 0 Å². The molecule has 1 fully saturated rings. The molecular weight excluding hydrogens is 285 g/mol. The van der Waals surface area contributed by atoms with E-state index in [0.29, 0.717) is 6.42 Å². The van der Waals surface area contributed by atoms with Crippen LogP contribution in [0.15, 0.2) is 23.1 Å². The standard InChI is InChI=1S/C12H16FN3O3S/c1-8(17)15-10-4-5-16(7-10)20(18,19)12-3-2-9(14)6-11(12)13/h2-3,6,10H,4-5,7,14H2,1H3,(H,15,17). The summed E-state index contributed by atoms with van der Waals surface area (Å²) in [5.74, 6) is -1.08. The lowest BCUT2D eigenvalue weighted by Gasteiger charge is -2.17. The van der Waals surface area contributed by atoms with E-state index >= 15 is 0 Å². The highest BCUT2D eigenvalue weighted by atomic mass is 32.2. The zero-order chi connectivity index (χ0) is 14.9. The van der Waals surface area contributed by atoms with Crippen LogP contribution in [0.2, 0.25) is 0 Å². The molecule has 0 aliphatic carbocycles. The van der Waals surface area contributed by atoms with Crippen LogP contribution in [-0.2, 0) is 14.8 Å². The number of hydrogen-bond donors (Lipinski definition) is 2. The van der Waals surface area contributed by atoms with Crippen molar-refractivity contribution in [1.82, 2.24) is 9.62 Å². The second-order valence-electron chi connectivity index (χ2n) is 4.74. The summed E-state index contributed by atoms with van der Waals surface area (Å²) in [4.78, 5) is 10.6. The number of nitrogens with zero attached hydrogens (tertiary/aromatic N) is 1. The Hall–Kier alpha value is -1.67. The molecule has 0 spiro atoms. The largest absolute Gasteiger partial charge is 0.399 e. The van der Waals surface area contributed by atoms with Crippen molar-refractivity contribution in [1.29, 1.82) is 0 Å². The molecule has 1 aromatic carbocycles. The Kier molecular flexibility index (Phi) is 3.96. The summed E-state index contributed by atoms with van der Waals surface area (Å²) in [6.45, 7) is 1.76. The van der Waals surface area contributed by atoms with Crippen molar-refractivity contribution < 1.29 is 17.6 Å². The fourth-order valence-electron chi connectivity index (χ4n) is 2.22. The molecule has 6 nitrogen and oxygen atoms in total. The number of carbonyl (C=O) groups excluding carboxylic acids is 1. The van der Waals surface area contributed by atoms with E-state index in [2.05, 4.69) is 5.32 Å². The van der Waals surface area contributed by atoms with Crippen molar-refractivity contribution in [3.05, 3.63) is 24.0 Å². The third-order valence-electron chi connectivity index (χ3n) is 3.13. The maximum atomic E-state index is 13.8. The Morgan fingerprint density at radius 3 is 2.80 bits per heavy atom. The van der Waals surface area contributed by atoms with Crippen LogP contribution in [0, 0.1) is 5.82 Å². The summed E-state index contributed by atoms with van der Waals surface area (Å²) in [5.41, 5.74) is 5.57. The van der Waals surface area contributed by atoms with Crippen molar-refractivity contribution in [3.63, 3.8) is 0 Å². The highest BCUT2D eigenvalue weighted by molar-refractivity contribution is 7.89. The van der Waals surface area contributed by atoms with Crippen molar-refractivity contribution in [3.8, 4) is 0 Å². The predicted octanol–water partition coefficient (Wildman–Crippen LogP) is 0.307. The lowest BCUT2D eigenvalue weighted by Crippen LogP contribution is -2.37. The van der Waals surface area contributed by atoms with Crippen LogP contribution >= 0.6 is 0 Å². The number of nitrogens with two attached hydrogens (primary N) is 1. The van der Waals surface area contributed by atoms with Crippen LogP contribution in [-0.4, -0.2) is 37.8 Å². The Morgan fingerprint density at radius 1 is 1.50 bits per heavy atom. The summed E-state index contributed by atoms with van der Waals surface area (Å²) >= 11 is 0. The van der Waals surface area contributed by atoms with Crippen LogP contribution in [0.1, 0.15) is 13.3 Å². The maximum Gasteiger partial charge on any atom is 0.246 e. The van der Waals surface area contributed by atoms with Gasteiger partial charge in [-0.1, -0.05) is 0 Å². The molecular formula is C12H16FN3O3S. The summed E-state index contributed by atoms with van der Waals surface area (Å²) in [5, 5.41) is 2.66. The third-order valence-corrected chi connectivity index (χ3v) is 5.03. The minimum atomic E-state index is -3.90. The number of carbonyl (C=O) groups is 1. The second-order valence-corrected chi connectivity index (χ2v) is 6.65. The number of sulfonamides is 1. The topological polar surface area (TPSA) is 92.5 Å². The van der Waals surface area contributed by atoms with E-state index in [1.807, 2.05) is 0 Å². The number of nitrogen functional groups attached to an aromatic ring is 1. The molecule has 0 bridgehead atoms. The molecule has 0 radical (unpaired) electrons. The number of anilines is 1. The Balaban J connectivity index is 2.21. The van der Waals surface area contributed by atoms with Crippen LogP contribution in [0.4, 0.5) is 10.1 Å². The first-order valence-corrected chi connectivity index (χ1v) is 7.57. The normalized spacial score (nSPS) is 20.0. The average molecular weight is 301 g/mol.